The highest BCUT2D eigenvalue weighted by molar-refractivity contribution is 5.74. The maximum absolute atomic E-state index is 13.8. The Kier molecular flexibility index (Phi) is 6.84. The van der Waals surface area contributed by atoms with Gasteiger partial charge in [-0.2, -0.15) is 0 Å². The fourth-order valence-electron chi connectivity index (χ4n) is 4.45. The van der Waals surface area contributed by atoms with Crippen molar-refractivity contribution in [2.45, 2.75) is 31.8 Å². The van der Waals surface area contributed by atoms with Gasteiger partial charge in [0.15, 0.2) is 0 Å². The number of urea groups is 1. The zero-order valence-corrected chi connectivity index (χ0v) is 17.4. The Hall–Kier alpha value is -2.60. The van der Waals surface area contributed by atoms with Gasteiger partial charge in [0.1, 0.15) is 5.82 Å². The van der Waals surface area contributed by atoms with E-state index in [2.05, 4.69) is 44.7 Å². The summed E-state index contributed by atoms with van der Waals surface area (Å²) in [6.07, 6.45) is 2.89. The molecule has 160 valence electrons. The van der Waals surface area contributed by atoms with Crippen LogP contribution in [0.5, 0.6) is 0 Å². The van der Waals surface area contributed by atoms with Crippen molar-refractivity contribution in [1.29, 1.82) is 0 Å². The molecule has 4 rings (SSSR count). The number of hydrogen-bond acceptors (Lipinski definition) is 3. The van der Waals surface area contributed by atoms with Crippen LogP contribution in [-0.2, 0) is 6.54 Å². The van der Waals surface area contributed by atoms with Gasteiger partial charge in [-0.3, -0.25) is 4.90 Å². The molecule has 2 aromatic rings. The Labute approximate surface area is 178 Å². The molecule has 6 heteroatoms. The van der Waals surface area contributed by atoms with Crippen molar-refractivity contribution in [2.24, 2.45) is 5.92 Å². The lowest BCUT2D eigenvalue weighted by atomic mass is 10.0. The minimum absolute atomic E-state index is 0.0688. The summed E-state index contributed by atoms with van der Waals surface area (Å²) in [5.74, 6) is 0.341. The standard InChI is InChI=1S/C24H31FN4O/c25-23-9-5-4-6-20(23)18-28-13-11-21(12-14-28)27-24(30)26-16-19-10-15-29(17-19)22-7-2-1-3-8-22/h1-9,19,21H,10-18H2,(H2,26,27,30)/t19-/m1/s1. The third kappa shape index (κ3) is 5.51. The van der Waals surface area contributed by atoms with Crippen molar-refractivity contribution < 1.29 is 9.18 Å². The third-order valence-electron chi connectivity index (χ3n) is 6.23. The van der Waals surface area contributed by atoms with E-state index >= 15 is 0 Å². The smallest absolute Gasteiger partial charge is 0.315 e. The maximum atomic E-state index is 13.8. The second kappa shape index (κ2) is 9.94. The molecular formula is C24H31FN4O. The van der Waals surface area contributed by atoms with Gasteiger partial charge in [0, 0.05) is 56.6 Å². The van der Waals surface area contributed by atoms with Gasteiger partial charge < -0.3 is 15.5 Å². The molecule has 30 heavy (non-hydrogen) atoms. The summed E-state index contributed by atoms with van der Waals surface area (Å²) in [4.78, 5) is 17.0. The van der Waals surface area contributed by atoms with E-state index in [1.165, 1.54) is 11.8 Å². The molecule has 0 unspecified atom stereocenters. The lowest BCUT2D eigenvalue weighted by Gasteiger charge is -2.32. The number of anilines is 1. The summed E-state index contributed by atoms with van der Waals surface area (Å²) < 4.78 is 13.8. The Morgan fingerprint density at radius 1 is 0.967 bits per heavy atom. The number of nitrogens with one attached hydrogen (secondary N) is 2. The van der Waals surface area contributed by atoms with E-state index in [4.69, 9.17) is 0 Å². The highest BCUT2D eigenvalue weighted by atomic mass is 19.1. The molecule has 2 aromatic carbocycles. The first-order valence-corrected chi connectivity index (χ1v) is 11.0. The van der Waals surface area contributed by atoms with E-state index in [1.54, 1.807) is 6.07 Å². The molecule has 5 nitrogen and oxygen atoms in total. The molecule has 0 radical (unpaired) electrons. The molecule has 0 bridgehead atoms. The molecule has 2 fully saturated rings. The number of nitrogens with zero attached hydrogens (tertiary/aromatic N) is 2. The van der Waals surface area contributed by atoms with Gasteiger partial charge in [0.05, 0.1) is 0 Å². The molecule has 0 aliphatic carbocycles. The second-order valence-electron chi connectivity index (χ2n) is 8.43. The van der Waals surface area contributed by atoms with Crippen LogP contribution in [0.4, 0.5) is 14.9 Å². The van der Waals surface area contributed by atoms with Gasteiger partial charge >= 0.3 is 6.03 Å². The molecule has 2 saturated heterocycles. The van der Waals surface area contributed by atoms with E-state index in [9.17, 15) is 9.18 Å². The van der Waals surface area contributed by atoms with Crippen LogP contribution >= 0.6 is 0 Å². The average Bonchev–Trinajstić information content (AvgIpc) is 3.25. The number of hydrogen-bond donors (Lipinski definition) is 2. The minimum atomic E-state index is -0.144. The Bertz CT molecular complexity index is 823. The topological polar surface area (TPSA) is 47.6 Å². The van der Waals surface area contributed by atoms with Crippen molar-refractivity contribution >= 4 is 11.7 Å². The number of carbonyl (C=O) groups excluding carboxylic acids is 1. The molecule has 2 aliphatic heterocycles. The van der Waals surface area contributed by atoms with Gasteiger partial charge in [-0.15, -0.1) is 0 Å². The molecule has 0 saturated carbocycles. The number of carbonyl (C=O) groups is 1. The summed E-state index contributed by atoms with van der Waals surface area (Å²) in [5, 5.41) is 6.18. The number of likely N-dealkylation sites (tertiary alicyclic amines) is 1. The van der Waals surface area contributed by atoms with Crippen LogP contribution in [0.1, 0.15) is 24.8 Å². The highest BCUT2D eigenvalue weighted by Crippen LogP contribution is 2.23. The summed E-state index contributed by atoms with van der Waals surface area (Å²) in [5.41, 5.74) is 1.99. The predicted octanol–water partition coefficient (Wildman–Crippen LogP) is 3.62. The van der Waals surface area contributed by atoms with Crippen LogP contribution in [0, 0.1) is 11.7 Å². The Morgan fingerprint density at radius 3 is 2.47 bits per heavy atom. The Balaban J connectivity index is 1.14. The summed E-state index contributed by atoms with van der Waals surface area (Å²) >= 11 is 0. The van der Waals surface area contributed by atoms with E-state index in [0.29, 0.717) is 19.0 Å². The van der Waals surface area contributed by atoms with E-state index in [0.717, 1.165) is 51.0 Å². The second-order valence-corrected chi connectivity index (χ2v) is 8.43. The van der Waals surface area contributed by atoms with Crippen LogP contribution in [0.3, 0.4) is 0 Å². The normalized spacial score (nSPS) is 20.3. The third-order valence-corrected chi connectivity index (χ3v) is 6.23. The number of amides is 2. The zero-order valence-electron chi connectivity index (χ0n) is 17.4. The summed E-state index contributed by atoms with van der Waals surface area (Å²) in [6, 6.07) is 17.5. The molecule has 0 aromatic heterocycles. The molecule has 2 amide bonds. The average molecular weight is 411 g/mol. The number of benzene rings is 2. The number of para-hydroxylation sites is 1. The lowest BCUT2D eigenvalue weighted by molar-refractivity contribution is 0.185. The summed E-state index contributed by atoms with van der Waals surface area (Å²) in [7, 11) is 0. The van der Waals surface area contributed by atoms with Gasteiger partial charge in [0.2, 0.25) is 0 Å². The number of halogens is 1. The van der Waals surface area contributed by atoms with Crippen LogP contribution in [-0.4, -0.2) is 49.7 Å². The monoisotopic (exact) mass is 410 g/mol. The van der Waals surface area contributed by atoms with Crippen LogP contribution < -0.4 is 15.5 Å². The fourth-order valence-corrected chi connectivity index (χ4v) is 4.45. The summed E-state index contributed by atoms with van der Waals surface area (Å²) in [6.45, 7) is 5.10. The van der Waals surface area contributed by atoms with Crippen molar-refractivity contribution in [2.75, 3.05) is 37.6 Å². The highest BCUT2D eigenvalue weighted by Gasteiger charge is 2.24. The van der Waals surface area contributed by atoms with Gasteiger partial charge in [-0.1, -0.05) is 36.4 Å². The van der Waals surface area contributed by atoms with Crippen molar-refractivity contribution in [3.05, 3.63) is 66.0 Å². The minimum Gasteiger partial charge on any atom is -0.371 e. The first kappa shape index (κ1) is 20.7. The van der Waals surface area contributed by atoms with E-state index in [-0.39, 0.29) is 17.9 Å². The molecule has 1 atom stereocenters. The van der Waals surface area contributed by atoms with Crippen molar-refractivity contribution in [1.82, 2.24) is 15.5 Å². The SMILES string of the molecule is O=C(NC[C@H]1CCN(c2ccccc2)C1)NC1CCN(Cc2ccccc2F)CC1. The quantitative estimate of drug-likeness (QED) is 0.765. The van der Waals surface area contributed by atoms with E-state index < -0.39 is 0 Å². The molecule has 2 N–H and O–H groups in total. The Morgan fingerprint density at radius 2 is 1.70 bits per heavy atom. The molecule has 0 spiro atoms. The van der Waals surface area contributed by atoms with Gasteiger partial charge in [0.25, 0.3) is 0 Å². The zero-order chi connectivity index (χ0) is 20.8. The maximum Gasteiger partial charge on any atom is 0.315 e. The molecule has 2 aliphatic rings. The predicted molar refractivity (Wildman–Crippen MR) is 118 cm³/mol. The van der Waals surface area contributed by atoms with Crippen molar-refractivity contribution in [3.8, 4) is 0 Å². The molecule has 2 heterocycles. The van der Waals surface area contributed by atoms with E-state index in [1.807, 2.05) is 18.2 Å². The largest absolute Gasteiger partial charge is 0.371 e. The number of piperidine rings is 1. The van der Waals surface area contributed by atoms with Gasteiger partial charge in [-0.05, 0) is 43.4 Å². The first-order valence-electron chi connectivity index (χ1n) is 11.0. The number of rotatable bonds is 6. The van der Waals surface area contributed by atoms with Crippen LogP contribution in [0.15, 0.2) is 54.6 Å². The molecular weight excluding hydrogens is 379 g/mol. The lowest BCUT2D eigenvalue weighted by Crippen LogP contribution is -2.48. The van der Waals surface area contributed by atoms with Crippen LogP contribution in [0.25, 0.3) is 0 Å². The van der Waals surface area contributed by atoms with Crippen molar-refractivity contribution in [3.63, 3.8) is 0 Å². The van der Waals surface area contributed by atoms with Crippen LogP contribution in [0.2, 0.25) is 0 Å². The first-order chi connectivity index (χ1) is 14.7. The van der Waals surface area contributed by atoms with Gasteiger partial charge in [-0.25, -0.2) is 9.18 Å². The fraction of sp³-hybridized carbons (Fsp3) is 0.458.